The molecule has 4 atom stereocenters. The first-order chi connectivity index (χ1) is 14.3. The van der Waals surface area contributed by atoms with Gasteiger partial charge in [0.25, 0.3) is 0 Å². The summed E-state index contributed by atoms with van der Waals surface area (Å²) in [6, 6.07) is 0. The number of aliphatic carboxylic acids is 2. The summed E-state index contributed by atoms with van der Waals surface area (Å²) in [6.07, 6.45) is 14.3. The highest BCUT2D eigenvalue weighted by Gasteiger charge is 2.35. The van der Waals surface area contributed by atoms with E-state index >= 15 is 0 Å². The molecule has 0 aromatic rings. The van der Waals surface area contributed by atoms with Crippen LogP contribution in [0.4, 0.5) is 0 Å². The third-order valence-electron chi connectivity index (χ3n) is 5.95. The van der Waals surface area contributed by atoms with Crippen LogP contribution in [-0.4, -0.2) is 33.7 Å². The van der Waals surface area contributed by atoms with E-state index in [1.54, 1.807) is 0 Å². The van der Waals surface area contributed by atoms with Crippen LogP contribution in [0.3, 0.4) is 0 Å². The Bertz CT molecular complexity index is 593. The minimum Gasteiger partial charge on any atom is -0.481 e. The summed E-state index contributed by atoms with van der Waals surface area (Å²) in [5.74, 6) is -1.11. The van der Waals surface area contributed by atoms with Gasteiger partial charge in [-0.1, -0.05) is 53.0 Å². The van der Waals surface area contributed by atoms with Crippen molar-refractivity contribution in [3.8, 4) is 0 Å². The number of carbonyl (C=O) groups is 4. The van der Waals surface area contributed by atoms with Gasteiger partial charge in [-0.15, -0.1) is 0 Å². The molecular formula is C26H44O6. The maximum Gasteiger partial charge on any atom is 0.303 e. The van der Waals surface area contributed by atoms with Crippen molar-refractivity contribution >= 4 is 23.5 Å². The lowest BCUT2D eigenvalue weighted by Gasteiger charge is -2.14. The molecule has 0 radical (unpaired) electrons. The van der Waals surface area contributed by atoms with E-state index < -0.39 is 11.9 Å². The monoisotopic (exact) mass is 452 g/mol. The summed E-state index contributed by atoms with van der Waals surface area (Å²) in [5, 5.41) is 17.4. The molecular weight excluding hydrogens is 408 g/mol. The van der Waals surface area contributed by atoms with Crippen molar-refractivity contribution in [3.63, 3.8) is 0 Å². The van der Waals surface area contributed by atoms with E-state index in [1.807, 2.05) is 38.2 Å². The molecule has 0 aromatic heterocycles. The van der Waals surface area contributed by atoms with E-state index in [1.165, 1.54) is 0 Å². The van der Waals surface area contributed by atoms with E-state index in [9.17, 15) is 19.2 Å². The predicted octanol–water partition coefficient (Wildman–Crippen LogP) is 6.10. The number of hydrogen-bond acceptors (Lipinski definition) is 4. The lowest BCUT2D eigenvalue weighted by molar-refractivity contribution is -0.139. The summed E-state index contributed by atoms with van der Waals surface area (Å²) >= 11 is 0. The molecule has 0 heterocycles. The molecule has 0 saturated heterocycles. The van der Waals surface area contributed by atoms with Gasteiger partial charge in [-0.25, -0.2) is 0 Å². The third-order valence-corrected chi connectivity index (χ3v) is 5.95. The predicted molar refractivity (Wildman–Crippen MR) is 129 cm³/mol. The highest BCUT2D eigenvalue weighted by atomic mass is 16.4. The second-order valence-corrected chi connectivity index (χ2v) is 8.17. The second-order valence-electron chi connectivity index (χ2n) is 8.17. The lowest BCUT2D eigenvalue weighted by atomic mass is 9.89. The van der Waals surface area contributed by atoms with Crippen LogP contribution < -0.4 is 0 Å². The number of rotatable bonds is 10. The fourth-order valence-electron chi connectivity index (χ4n) is 4.36. The van der Waals surface area contributed by atoms with E-state index in [-0.39, 0.29) is 62.9 Å². The van der Waals surface area contributed by atoms with Crippen molar-refractivity contribution in [2.75, 3.05) is 0 Å². The maximum atomic E-state index is 11.5. The van der Waals surface area contributed by atoms with E-state index in [4.69, 9.17) is 10.2 Å². The average molecular weight is 453 g/mol. The Hall–Kier alpha value is -2.24. The minimum absolute atomic E-state index is 0. The Balaban J connectivity index is 0. The number of ketones is 2. The van der Waals surface area contributed by atoms with Gasteiger partial charge in [0.2, 0.25) is 0 Å². The van der Waals surface area contributed by atoms with Gasteiger partial charge < -0.3 is 10.2 Å². The average Bonchev–Trinajstić information content (AvgIpc) is 3.19. The van der Waals surface area contributed by atoms with Crippen molar-refractivity contribution in [1.29, 1.82) is 0 Å². The fraction of sp³-hybridized carbons (Fsp3) is 0.692. The molecule has 2 aliphatic rings. The van der Waals surface area contributed by atoms with Crippen molar-refractivity contribution in [3.05, 3.63) is 24.3 Å². The summed E-state index contributed by atoms with van der Waals surface area (Å²) in [7, 11) is 0. The Kier molecular flexibility index (Phi) is 17.3. The van der Waals surface area contributed by atoms with Crippen LogP contribution in [0.15, 0.2) is 24.3 Å². The molecule has 0 amide bonds. The number of allylic oxidation sites excluding steroid dienone is 4. The molecule has 2 rings (SSSR count). The van der Waals surface area contributed by atoms with Crippen LogP contribution in [0.25, 0.3) is 0 Å². The van der Waals surface area contributed by atoms with Gasteiger partial charge in [-0.2, -0.15) is 0 Å². The normalized spacial score (nSPS) is 24.7. The van der Waals surface area contributed by atoms with Crippen LogP contribution in [0, 0.1) is 23.7 Å². The highest BCUT2D eigenvalue weighted by Crippen LogP contribution is 2.34. The van der Waals surface area contributed by atoms with Gasteiger partial charge in [-0.3, -0.25) is 19.2 Å². The molecule has 0 spiro atoms. The number of carbonyl (C=O) groups excluding carboxylic acids is 2. The summed E-state index contributed by atoms with van der Waals surface area (Å²) in [6.45, 7) is 4.09. The standard InChI is InChI=1S/2C12H18O3.2CH4/c2*1-2-3-4-5-10-9(8-12(14)15)6-7-11(10)13;;/h2*3-4,9-10H,2,5-8H2,1H3,(H,14,15);2*1H4/b2*4-3-;;/t9-,10+;9-,10-;;/m01../s1. The molecule has 6 heteroatoms. The number of hydrogen-bond donors (Lipinski definition) is 2. The van der Waals surface area contributed by atoms with Gasteiger partial charge >= 0.3 is 11.9 Å². The minimum atomic E-state index is -0.792. The number of carboxylic acids is 2. The topological polar surface area (TPSA) is 109 Å². The Morgan fingerprint density at radius 2 is 1.09 bits per heavy atom. The van der Waals surface area contributed by atoms with Gasteiger partial charge in [-0.05, 0) is 50.4 Å². The molecule has 0 aliphatic heterocycles. The van der Waals surface area contributed by atoms with Gasteiger partial charge in [0.15, 0.2) is 0 Å². The Morgan fingerprint density at radius 3 is 1.38 bits per heavy atom. The zero-order chi connectivity index (χ0) is 22.5. The molecule has 0 aromatic carbocycles. The Labute approximate surface area is 194 Å². The molecule has 184 valence electrons. The molecule has 2 N–H and O–H groups in total. The second kappa shape index (κ2) is 17.3. The first kappa shape index (κ1) is 31.9. The maximum absolute atomic E-state index is 11.5. The van der Waals surface area contributed by atoms with E-state index in [2.05, 4.69) is 0 Å². The van der Waals surface area contributed by atoms with Crippen molar-refractivity contribution < 1.29 is 29.4 Å². The largest absolute Gasteiger partial charge is 0.481 e. The quantitative estimate of drug-likeness (QED) is 0.388. The third kappa shape index (κ3) is 11.4. The van der Waals surface area contributed by atoms with Crippen LogP contribution in [0.2, 0.25) is 0 Å². The van der Waals surface area contributed by atoms with Crippen LogP contribution >= 0.6 is 0 Å². The molecule has 0 bridgehead atoms. The SMILES string of the molecule is C.C.CC/C=C\C[C@H]1C(=O)CC[C@@H]1CC(=O)O.CC/C=C\C[C@H]1C(=O)CC[C@H]1CC(=O)O. The smallest absolute Gasteiger partial charge is 0.303 e. The summed E-state index contributed by atoms with van der Waals surface area (Å²) in [4.78, 5) is 44.3. The van der Waals surface area contributed by atoms with E-state index in [0.29, 0.717) is 25.7 Å². The van der Waals surface area contributed by atoms with Crippen molar-refractivity contribution in [2.45, 2.75) is 92.9 Å². The molecule has 0 unspecified atom stereocenters. The van der Waals surface area contributed by atoms with Gasteiger partial charge in [0, 0.05) is 37.5 Å². The van der Waals surface area contributed by atoms with Crippen LogP contribution in [0.1, 0.15) is 92.9 Å². The Morgan fingerprint density at radius 1 is 0.750 bits per heavy atom. The zero-order valence-corrected chi connectivity index (χ0v) is 18.2. The highest BCUT2D eigenvalue weighted by molar-refractivity contribution is 5.85. The molecule has 2 saturated carbocycles. The van der Waals surface area contributed by atoms with Crippen LogP contribution in [0.5, 0.6) is 0 Å². The molecule has 6 nitrogen and oxygen atoms in total. The first-order valence-electron chi connectivity index (χ1n) is 11.1. The van der Waals surface area contributed by atoms with Crippen molar-refractivity contribution in [1.82, 2.24) is 0 Å². The van der Waals surface area contributed by atoms with Gasteiger partial charge in [0.05, 0.1) is 0 Å². The lowest BCUT2D eigenvalue weighted by Crippen LogP contribution is -2.17. The van der Waals surface area contributed by atoms with E-state index in [0.717, 1.165) is 25.7 Å². The number of carboxylic acid groups (broad SMARTS) is 2. The summed E-state index contributed by atoms with van der Waals surface area (Å²) < 4.78 is 0. The number of Topliss-reactive ketones (excluding diaryl/α,β-unsaturated/α-hetero) is 2. The summed E-state index contributed by atoms with van der Waals surface area (Å²) in [5.41, 5.74) is 0. The van der Waals surface area contributed by atoms with Gasteiger partial charge in [0.1, 0.15) is 11.6 Å². The van der Waals surface area contributed by atoms with Crippen LogP contribution in [-0.2, 0) is 19.2 Å². The molecule has 32 heavy (non-hydrogen) atoms. The zero-order valence-electron chi connectivity index (χ0n) is 18.2. The molecule has 2 aliphatic carbocycles. The molecule has 2 fully saturated rings. The first-order valence-corrected chi connectivity index (χ1v) is 11.1. The van der Waals surface area contributed by atoms with Crippen molar-refractivity contribution in [2.24, 2.45) is 23.7 Å². The fourth-order valence-corrected chi connectivity index (χ4v) is 4.36.